The number of anilines is 1. The first-order valence-corrected chi connectivity index (χ1v) is 7.87. The Morgan fingerprint density at radius 3 is 2.65 bits per heavy atom. The molecular weight excluding hydrogens is 323 g/mol. The van der Waals surface area contributed by atoms with Crippen LogP contribution in [0.1, 0.15) is 16.1 Å². The number of sulfonamides is 1. The number of amides is 1. The standard InChI is InChI=1S/C14H13FN4O3S/c1-17-23(21,22)11-6-13(19(2)8-11)14(20)18-10-3-4-12(15)9(5-10)7-16/h3-6,8,17H,1-2H3,(H,18,20). The third kappa shape index (κ3) is 3.39. The minimum absolute atomic E-state index is 0.0514. The number of nitrogens with zero attached hydrogens (tertiary/aromatic N) is 2. The summed E-state index contributed by atoms with van der Waals surface area (Å²) in [5.74, 6) is -1.27. The lowest BCUT2D eigenvalue weighted by atomic mass is 10.2. The van der Waals surface area contributed by atoms with Crippen molar-refractivity contribution < 1.29 is 17.6 Å². The molecule has 1 aromatic heterocycles. The van der Waals surface area contributed by atoms with Gasteiger partial charge >= 0.3 is 0 Å². The van der Waals surface area contributed by atoms with E-state index >= 15 is 0 Å². The van der Waals surface area contributed by atoms with Gasteiger partial charge in [-0.2, -0.15) is 5.26 Å². The predicted octanol–water partition coefficient (Wildman–Crippen LogP) is 1.20. The second kappa shape index (κ2) is 6.20. The zero-order valence-corrected chi connectivity index (χ0v) is 13.1. The Morgan fingerprint density at radius 1 is 1.35 bits per heavy atom. The number of nitrogens with one attached hydrogen (secondary N) is 2. The molecule has 1 amide bonds. The van der Waals surface area contributed by atoms with Crippen LogP contribution in [0.2, 0.25) is 0 Å². The van der Waals surface area contributed by atoms with Crippen molar-refractivity contribution in [1.82, 2.24) is 9.29 Å². The first kappa shape index (κ1) is 16.7. The number of aromatic nitrogens is 1. The van der Waals surface area contributed by atoms with E-state index in [9.17, 15) is 17.6 Å². The molecule has 0 saturated carbocycles. The number of rotatable bonds is 4. The number of hydrogen-bond acceptors (Lipinski definition) is 4. The number of carbonyl (C=O) groups excluding carboxylic acids is 1. The van der Waals surface area contributed by atoms with Crippen LogP contribution in [0.5, 0.6) is 0 Å². The molecule has 0 fully saturated rings. The van der Waals surface area contributed by atoms with Gasteiger partial charge < -0.3 is 9.88 Å². The van der Waals surface area contributed by atoms with Crippen LogP contribution in [0.4, 0.5) is 10.1 Å². The number of hydrogen-bond donors (Lipinski definition) is 2. The third-order valence-corrected chi connectivity index (χ3v) is 4.52. The Morgan fingerprint density at radius 2 is 2.04 bits per heavy atom. The average Bonchev–Trinajstić information content (AvgIpc) is 2.92. The Labute approximate surface area is 132 Å². The van der Waals surface area contributed by atoms with Crippen LogP contribution in [0, 0.1) is 17.1 Å². The quantitative estimate of drug-likeness (QED) is 0.875. The van der Waals surface area contributed by atoms with Gasteiger partial charge in [-0.25, -0.2) is 17.5 Å². The molecule has 120 valence electrons. The van der Waals surface area contributed by atoms with Crippen molar-refractivity contribution in [3.8, 4) is 6.07 Å². The molecule has 9 heteroatoms. The van der Waals surface area contributed by atoms with E-state index in [-0.39, 0.29) is 21.8 Å². The summed E-state index contributed by atoms with van der Waals surface area (Å²) >= 11 is 0. The second-order valence-corrected chi connectivity index (χ2v) is 6.53. The van der Waals surface area contributed by atoms with Crippen molar-refractivity contribution in [3.05, 3.63) is 47.5 Å². The van der Waals surface area contributed by atoms with E-state index in [1.54, 1.807) is 6.07 Å². The van der Waals surface area contributed by atoms with Gasteiger partial charge in [0.15, 0.2) is 0 Å². The van der Waals surface area contributed by atoms with Gasteiger partial charge in [-0.15, -0.1) is 0 Å². The number of nitriles is 1. The first-order valence-electron chi connectivity index (χ1n) is 6.39. The van der Waals surface area contributed by atoms with E-state index in [0.29, 0.717) is 0 Å². The van der Waals surface area contributed by atoms with E-state index in [2.05, 4.69) is 10.0 Å². The molecule has 0 aliphatic carbocycles. The molecule has 7 nitrogen and oxygen atoms in total. The van der Waals surface area contributed by atoms with Gasteiger partial charge in [0, 0.05) is 18.9 Å². The minimum Gasteiger partial charge on any atom is -0.345 e. The maximum atomic E-state index is 13.3. The monoisotopic (exact) mass is 336 g/mol. The SMILES string of the molecule is CNS(=O)(=O)c1cc(C(=O)Nc2ccc(F)c(C#N)c2)n(C)c1. The van der Waals surface area contributed by atoms with E-state index in [4.69, 9.17) is 5.26 Å². The van der Waals surface area contributed by atoms with Crippen LogP contribution in [0.25, 0.3) is 0 Å². The third-order valence-electron chi connectivity index (χ3n) is 3.14. The summed E-state index contributed by atoms with van der Waals surface area (Å²) in [7, 11) is -0.875. The van der Waals surface area contributed by atoms with Crippen LogP contribution < -0.4 is 10.0 Å². The Bertz CT molecular complexity index is 913. The van der Waals surface area contributed by atoms with Crippen molar-refractivity contribution in [2.75, 3.05) is 12.4 Å². The zero-order valence-electron chi connectivity index (χ0n) is 12.3. The van der Waals surface area contributed by atoms with Crippen molar-refractivity contribution >= 4 is 21.6 Å². The van der Waals surface area contributed by atoms with Gasteiger partial charge in [0.2, 0.25) is 10.0 Å². The maximum Gasteiger partial charge on any atom is 0.272 e. The smallest absolute Gasteiger partial charge is 0.272 e. The van der Waals surface area contributed by atoms with Crippen molar-refractivity contribution in [2.45, 2.75) is 4.90 Å². The molecule has 23 heavy (non-hydrogen) atoms. The van der Waals surface area contributed by atoms with Gasteiger partial charge in [-0.1, -0.05) is 0 Å². The minimum atomic E-state index is -3.67. The maximum absolute atomic E-state index is 13.3. The van der Waals surface area contributed by atoms with Crippen LogP contribution in [-0.4, -0.2) is 25.9 Å². The highest BCUT2D eigenvalue weighted by atomic mass is 32.2. The fourth-order valence-electron chi connectivity index (χ4n) is 1.91. The molecule has 1 aromatic carbocycles. The fraction of sp³-hybridized carbons (Fsp3) is 0.143. The molecule has 2 aromatic rings. The zero-order chi connectivity index (χ0) is 17.2. The van der Waals surface area contributed by atoms with Gasteiger partial charge in [-0.05, 0) is 31.3 Å². The lowest BCUT2D eigenvalue weighted by molar-refractivity contribution is 0.101. The average molecular weight is 336 g/mol. The molecule has 0 radical (unpaired) electrons. The Kier molecular flexibility index (Phi) is 4.49. The summed E-state index contributed by atoms with van der Waals surface area (Å²) in [5, 5.41) is 11.3. The molecular formula is C14H13FN4O3S. The van der Waals surface area contributed by atoms with Crippen LogP contribution in [0.15, 0.2) is 35.4 Å². The van der Waals surface area contributed by atoms with Crippen LogP contribution >= 0.6 is 0 Å². The van der Waals surface area contributed by atoms with Gasteiger partial charge in [0.05, 0.1) is 5.56 Å². The highest BCUT2D eigenvalue weighted by Crippen LogP contribution is 2.17. The lowest BCUT2D eigenvalue weighted by Gasteiger charge is -2.06. The van der Waals surface area contributed by atoms with E-state index in [0.717, 1.165) is 6.07 Å². The van der Waals surface area contributed by atoms with E-state index < -0.39 is 21.7 Å². The molecule has 0 saturated heterocycles. The van der Waals surface area contributed by atoms with Crippen LogP contribution in [0.3, 0.4) is 0 Å². The van der Waals surface area contributed by atoms with Crippen molar-refractivity contribution in [3.63, 3.8) is 0 Å². The normalized spacial score (nSPS) is 11.0. The summed E-state index contributed by atoms with van der Waals surface area (Å²) < 4.78 is 40.2. The van der Waals surface area contributed by atoms with Crippen molar-refractivity contribution in [1.29, 1.82) is 5.26 Å². The highest BCUT2D eigenvalue weighted by Gasteiger charge is 2.19. The van der Waals surface area contributed by atoms with Gasteiger partial charge in [0.25, 0.3) is 5.91 Å². The van der Waals surface area contributed by atoms with Crippen molar-refractivity contribution in [2.24, 2.45) is 7.05 Å². The van der Waals surface area contributed by atoms with Gasteiger partial charge in [-0.3, -0.25) is 4.79 Å². The topological polar surface area (TPSA) is 104 Å². The molecule has 2 rings (SSSR count). The number of halogens is 1. The molecule has 1 heterocycles. The Hall–Kier alpha value is -2.70. The summed E-state index contributed by atoms with van der Waals surface area (Å²) in [5.41, 5.74) is 0.127. The largest absolute Gasteiger partial charge is 0.345 e. The fourth-order valence-corrected chi connectivity index (χ4v) is 2.71. The molecule has 0 unspecified atom stereocenters. The number of aryl methyl sites for hydroxylation is 1. The lowest BCUT2D eigenvalue weighted by Crippen LogP contribution is -2.18. The van der Waals surface area contributed by atoms with E-state index in [1.165, 1.54) is 43.1 Å². The molecule has 0 bridgehead atoms. The van der Waals surface area contributed by atoms with Gasteiger partial charge in [0.1, 0.15) is 22.5 Å². The van der Waals surface area contributed by atoms with E-state index in [1.807, 2.05) is 0 Å². The molecule has 0 spiro atoms. The molecule has 0 atom stereocenters. The first-order chi connectivity index (χ1) is 10.8. The molecule has 0 aliphatic heterocycles. The summed E-state index contributed by atoms with van der Waals surface area (Å²) in [6.45, 7) is 0. The highest BCUT2D eigenvalue weighted by molar-refractivity contribution is 7.89. The summed E-state index contributed by atoms with van der Waals surface area (Å²) in [4.78, 5) is 12.2. The second-order valence-electron chi connectivity index (χ2n) is 4.64. The molecule has 2 N–H and O–H groups in total. The molecule has 0 aliphatic rings. The number of benzene rings is 1. The summed E-state index contributed by atoms with van der Waals surface area (Å²) in [6.07, 6.45) is 1.30. The predicted molar refractivity (Wildman–Crippen MR) is 80.7 cm³/mol. The Balaban J connectivity index is 2.30. The summed E-state index contributed by atoms with van der Waals surface area (Å²) in [6, 6.07) is 6.46. The number of carbonyl (C=O) groups is 1. The van der Waals surface area contributed by atoms with Crippen LogP contribution in [-0.2, 0) is 17.1 Å².